The first-order valence-electron chi connectivity index (χ1n) is 4.32. The summed E-state index contributed by atoms with van der Waals surface area (Å²) in [6, 6.07) is 5.66. The van der Waals surface area contributed by atoms with E-state index in [1.165, 1.54) is 18.2 Å². The Morgan fingerprint density at radius 1 is 1.44 bits per heavy atom. The third-order valence-electron chi connectivity index (χ3n) is 2.24. The van der Waals surface area contributed by atoms with Gasteiger partial charge in [0.15, 0.2) is 0 Å². The number of carbonyl (C=O) groups excluding carboxylic acids is 1. The zero-order valence-electron chi connectivity index (χ0n) is 8.04. The van der Waals surface area contributed by atoms with E-state index >= 15 is 0 Å². The first kappa shape index (κ1) is 10.4. The molecule has 0 bridgehead atoms. The lowest BCUT2D eigenvalue weighted by molar-refractivity contribution is 0.0882. The maximum Gasteiger partial charge on any atom is 0.270 e. The van der Waals surface area contributed by atoms with Crippen molar-refractivity contribution in [3.8, 4) is 6.07 Å². The fourth-order valence-corrected chi connectivity index (χ4v) is 3.01. The monoisotopic (exact) mass is 237 g/mol. The molecule has 1 aliphatic rings. The number of anilines is 1. The molecule has 7 heteroatoms. The predicted octanol–water partition coefficient (Wildman–Crippen LogP) is -0.0631. The van der Waals surface area contributed by atoms with Gasteiger partial charge in [0.05, 0.1) is 11.6 Å². The Hall–Kier alpha value is -2.07. The first-order valence-corrected chi connectivity index (χ1v) is 5.76. The number of rotatable bonds is 1. The number of carbonyl (C=O) groups is 1. The second kappa shape index (κ2) is 3.21. The Morgan fingerprint density at radius 3 is 2.75 bits per heavy atom. The third kappa shape index (κ3) is 1.24. The van der Waals surface area contributed by atoms with Crippen LogP contribution in [0.25, 0.3) is 0 Å². The minimum atomic E-state index is -3.90. The minimum Gasteiger partial charge on any atom is -0.399 e. The van der Waals surface area contributed by atoms with Gasteiger partial charge in [-0.25, -0.2) is 12.7 Å². The van der Waals surface area contributed by atoms with Gasteiger partial charge < -0.3 is 5.73 Å². The molecule has 1 aromatic carbocycles. The second-order valence-electron chi connectivity index (χ2n) is 3.23. The second-order valence-corrected chi connectivity index (χ2v) is 5.06. The summed E-state index contributed by atoms with van der Waals surface area (Å²) in [5.74, 6) is -0.684. The third-order valence-corrected chi connectivity index (χ3v) is 4.01. The van der Waals surface area contributed by atoms with Crippen molar-refractivity contribution in [3.63, 3.8) is 0 Å². The summed E-state index contributed by atoms with van der Waals surface area (Å²) in [6.45, 7) is -0.490. The lowest BCUT2D eigenvalue weighted by atomic mass is 10.2. The van der Waals surface area contributed by atoms with Gasteiger partial charge in [-0.3, -0.25) is 4.79 Å². The van der Waals surface area contributed by atoms with Gasteiger partial charge >= 0.3 is 0 Å². The molecule has 2 rings (SSSR count). The van der Waals surface area contributed by atoms with Crippen LogP contribution in [-0.4, -0.2) is 25.2 Å². The molecule has 0 unspecified atom stereocenters. The molecule has 0 spiro atoms. The molecular formula is C9H7N3O3S. The van der Waals surface area contributed by atoms with Gasteiger partial charge in [0, 0.05) is 5.69 Å². The average Bonchev–Trinajstić information content (AvgIpc) is 2.40. The molecule has 6 nitrogen and oxygen atoms in total. The largest absolute Gasteiger partial charge is 0.399 e. The summed E-state index contributed by atoms with van der Waals surface area (Å²) in [6.07, 6.45) is 0. The summed E-state index contributed by atoms with van der Waals surface area (Å²) < 4.78 is 24.2. The van der Waals surface area contributed by atoms with Crippen LogP contribution in [0, 0.1) is 11.3 Å². The maximum atomic E-state index is 11.8. The summed E-state index contributed by atoms with van der Waals surface area (Å²) >= 11 is 0. The smallest absolute Gasteiger partial charge is 0.270 e. The van der Waals surface area contributed by atoms with Crippen molar-refractivity contribution in [3.05, 3.63) is 23.8 Å². The molecule has 0 radical (unpaired) electrons. The van der Waals surface area contributed by atoms with E-state index in [1.807, 2.05) is 0 Å². The van der Waals surface area contributed by atoms with Crippen LogP contribution in [0.3, 0.4) is 0 Å². The number of hydrogen-bond acceptors (Lipinski definition) is 5. The molecule has 1 amide bonds. The molecule has 0 saturated heterocycles. The Kier molecular flexibility index (Phi) is 2.10. The molecule has 2 N–H and O–H groups in total. The van der Waals surface area contributed by atoms with Crippen molar-refractivity contribution in [1.29, 1.82) is 5.26 Å². The Morgan fingerprint density at radius 2 is 2.12 bits per heavy atom. The summed E-state index contributed by atoms with van der Waals surface area (Å²) in [5, 5.41) is 8.48. The van der Waals surface area contributed by atoms with Crippen LogP contribution < -0.4 is 5.73 Å². The quantitative estimate of drug-likeness (QED) is 0.544. The van der Waals surface area contributed by atoms with Gasteiger partial charge in [-0.05, 0) is 18.2 Å². The highest BCUT2D eigenvalue weighted by Crippen LogP contribution is 2.31. The van der Waals surface area contributed by atoms with Gasteiger partial charge in [0.2, 0.25) is 0 Å². The summed E-state index contributed by atoms with van der Waals surface area (Å²) in [7, 11) is -3.90. The molecule has 0 fully saturated rings. The van der Waals surface area contributed by atoms with Crippen LogP contribution >= 0.6 is 0 Å². The number of nitriles is 1. The molecule has 0 aliphatic carbocycles. The van der Waals surface area contributed by atoms with E-state index < -0.39 is 22.5 Å². The van der Waals surface area contributed by atoms with E-state index in [-0.39, 0.29) is 16.1 Å². The molecule has 1 aromatic rings. The maximum absolute atomic E-state index is 11.8. The number of nitrogens with two attached hydrogens (primary N) is 1. The van der Waals surface area contributed by atoms with E-state index in [1.54, 1.807) is 6.07 Å². The number of fused-ring (bicyclic) bond motifs is 1. The van der Waals surface area contributed by atoms with Gasteiger partial charge in [-0.1, -0.05) is 0 Å². The minimum absolute atomic E-state index is 0.0597. The van der Waals surface area contributed by atoms with Gasteiger partial charge in [0.1, 0.15) is 11.4 Å². The van der Waals surface area contributed by atoms with Crippen LogP contribution in [0.5, 0.6) is 0 Å². The number of nitrogens with zero attached hydrogens (tertiary/aromatic N) is 2. The highest BCUT2D eigenvalue weighted by atomic mass is 32.2. The van der Waals surface area contributed by atoms with Crippen LogP contribution in [0.4, 0.5) is 5.69 Å². The highest BCUT2D eigenvalue weighted by molar-refractivity contribution is 7.90. The Bertz CT molecular complexity index is 615. The van der Waals surface area contributed by atoms with Crippen molar-refractivity contribution in [2.45, 2.75) is 4.90 Å². The fraction of sp³-hybridized carbons (Fsp3) is 0.111. The van der Waals surface area contributed by atoms with E-state index in [0.717, 1.165) is 0 Å². The number of hydrogen-bond donors (Lipinski definition) is 1. The lowest BCUT2D eigenvalue weighted by Crippen LogP contribution is -2.30. The van der Waals surface area contributed by atoms with Gasteiger partial charge in [0.25, 0.3) is 15.9 Å². The van der Waals surface area contributed by atoms with Gasteiger partial charge in [-0.15, -0.1) is 0 Å². The van der Waals surface area contributed by atoms with Crippen LogP contribution in [0.2, 0.25) is 0 Å². The normalized spacial score (nSPS) is 16.9. The zero-order chi connectivity index (χ0) is 11.9. The van der Waals surface area contributed by atoms with Crippen molar-refractivity contribution in [2.24, 2.45) is 0 Å². The average molecular weight is 237 g/mol. The van der Waals surface area contributed by atoms with Crippen LogP contribution in [-0.2, 0) is 10.0 Å². The molecule has 16 heavy (non-hydrogen) atoms. The van der Waals surface area contributed by atoms with Crippen LogP contribution in [0.15, 0.2) is 23.1 Å². The van der Waals surface area contributed by atoms with Gasteiger partial charge in [-0.2, -0.15) is 5.26 Å². The first-order chi connectivity index (χ1) is 7.48. The van der Waals surface area contributed by atoms with E-state index in [0.29, 0.717) is 4.31 Å². The zero-order valence-corrected chi connectivity index (χ0v) is 8.86. The molecular weight excluding hydrogens is 230 g/mol. The molecule has 0 atom stereocenters. The van der Waals surface area contributed by atoms with Crippen molar-refractivity contribution < 1.29 is 13.2 Å². The molecule has 0 aromatic heterocycles. The Labute approximate surface area is 91.9 Å². The fourth-order valence-electron chi connectivity index (χ4n) is 1.51. The Balaban J connectivity index is 2.68. The number of nitrogen functional groups attached to an aromatic ring is 1. The van der Waals surface area contributed by atoms with Crippen molar-refractivity contribution >= 4 is 21.6 Å². The number of sulfonamides is 1. The van der Waals surface area contributed by atoms with Crippen molar-refractivity contribution in [1.82, 2.24) is 4.31 Å². The SMILES string of the molecule is N#CCN1C(=O)c2ccc(N)cc2S1(=O)=O. The molecule has 82 valence electrons. The summed E-state index contributed by atoms with van der Waals surface area (Å²) in [4.78, 5) is 11.5. The molecule has 0 saturated carbocycles. The number of benzene rings is 1. The predicted molar refractivity (Wildman–Crippen MR) is 54.7 cm³/mol. The topological polar surface area (TPSA) is 104 Å². The molecule has 1 heterocycles. The number of amides is 1. The van der Waals surface area contributed by atoms with Crippen LogP contribution in [0.1, 0.15) is 10.4 Å². The van der Waals surface area contributed by atoms with E-state index in [4.69, 9.17) is 11.0 Å². The van der Waals surface area contributed by atoms with Crippen molar-refractivity contribution in [2.75, 3.05) is 12.3 Å². The highest BCUT2D eigenvalue weighted by Gasteiger charge is 2.40. The standard InChI is InChI=1S/C9H7N3O3S/c10-3-4-12-9(13)7-2-1-6(11)5-8(7)16(12,14)15/h1-2,5H,4,11H2. The lowest BCUT2D eigenvalue weighted by Gasteiger charge is -2.09. The van der Waals surface area contributed by atoms with E-state index in [2.05, 4.69) is 0 Å². The summed E-state index contributed by atoms with van der Waals surface area (Å²) in [5.41, 5.74) is 5.78. The van der Waals surface area contributed by atoms with E-state index in [9.17, 15) is 13.2 Å². The molecule has 1 aliphatic heterocycles.